The van der Waals surface area contributed by atoms with Crippen molar-refractivity contribution in [2.75, 3.05) is 6.54 Å². The summed E-state index contributed by atoms with van der Waals surface area (Å²) in [4.78, 5) is 28.0. The summed E-state index contributed by atoms with van der Waals surface area (Å²) in [6.07, 6.45) is 0.633. The largest absolute Gasteiger partial charge is 0.344 e. The third-order valence-electron chi connectivity index (χ3n) is 6.18. The van der Waals surface area contributed by atoms with Crippen LogP contribution in [0, 0.1) is 5.82 Å². The van der Waals surface area contributed by atoms with Gasteiger partial charge in [-0.15, -0.1) is 0 Å². The number of fused-ring (bicyclic) bond motifs is 1. The summed E-state index contributed by atoms with van der Waals surface area (Å²) in [6, 6.07) is 27.2. The summed E-state index contributed by atoms with van der Waals surface area (Å²) in [5, 5.41) is 7.52. The fourth-order valence-corrected chi connectivity index (χ4v) is 4.33. The molecule has 0 saturated carbocycles. The molecule has 2 heterocycles. The standard InChI is InChI=1S/C28H25FN4O2/c29-23-13-11-21(12-14-23)19-32-15-16-33-26(28(32)35)18-25(31-33)27(34)30-24(22-9-5-2-6-10-22)17-20-7-3-1-4-8-20/h1-14,18,24H,15-17,19H2,(H,30,34). The number of carbonyl (C=O) groups excluding carboxylic acids is 2. The van der Waals surface area contributed by atoms with E-state index in [1.165, 1.54) is 12.1 Å². The van der Waals surface area contributed by atoms with Gasteiger partial charge in [-0.25, -0.2) is 4.39 Å². The van der Waals surface area contributed by atoms with Gasteiger partial charge in [-0.1, -0.05) is 72.8 Å². The molecule has 176 valence electrons. The minimum Gasteiger partial charge on any atom is -0.344 e. The monoisotopic (exact) mass is 468 g/mol. The average Bonchev–Trinajstić information content (AvgIpc) is 3.33. The number of halogens is 1. The molecule has 0 radical (unpaired) electrons. The maximum Gasteiger partial charge on any atom is 0.272 e. The van der Waals surface area contributed by atoms with Crippen LogP contribution in [0.1, 0.15) is 43.7 Å². The van der Waals surface area contributed by atoms with Crippen LogP contribution in [0.3, 0.4) is 0 Å². The summed E-state index contributed by atoms with van der Waals surface area (Å²) in [6.45, 7) is 1.33. The van der Waals surface area contributed by atoms with Gasteiger partial charge < -0.3 is 10.2 Å². The van der Waals surface area contributed by atoms with E-state index in [4.69, 9.17) is 0 Å². The van der Waals surface area contributed by atoms with Crippen molar-refractivity contribution < 1.29 is 14.0 Å². The van der Waals surface area contributed by atoms with Crippen molar-refractivity contribution in [2.45, 2.75) is 25.6 Å². The van der Waals surface area contributed by atoms with Gasteiger partial charge in [0.25, 0.3) is 11.8 Å². The predicted octanol–water partition coefficient (Wildman–Crippen LogP) is 4.39. The lowest BCUT2D eigenvalue weighted by atomic mass is 9.98. The molecule has 2 amide bonds. The Hall–Kier alpha value is -4.26. The topological polar surface area (TPSA) is 67.2 Å². The smallest absolute Gasteiger partial charge is 0.272 e. The average molecular weight is 469 g/mol. The number of hydrogen-bond acceptors (Lipinski definition) is 3. The molecule has 35 heavy (non-hydrogen) atoms. The van der Waals surface area contributed by atoms with E-state index in [1.807, 2.05) is 60.7 Å². The lowest BCUT2D eigenvalue weighted by Gasteiger charge is -2.27. The molecule has 1 unspecified atom stereocenters. The third-order valence-corrected chi connectivity index (χ3v) is 6.18. The van der Waals surface area contributed by atoms with E-state index in [0.29, 0.717) is 31.7 Å². The zero-order chi connectivity index (χ0) is 24.2. The van der Waals surface area contributed by atoms with Crippen molar-refractivity contribution in [2.24, 2.45) is 0 Å². The Balaban J connectivity index is 1.33. The van der Waals surface area contributed by atoms with Crippen LogP contribution in [0.15, 0.2) is 91.0 Å². The summed E-state index contributed by atoms with van der Waals surface area (Å²) in [5.74, 6) is -0.834. The minimum absolute atomic E-state index is 0.198. The van der Waals surface area contributed by atoms with Crippen LogP contribution in [0.25, 0.3) is 0 Å². The second-order valence-corrected chi connectivity index (χ2v) is 8.62. The molecule has 0 saturated heterocycles. The lowest BCUT2D eigenvalue weighted by Crippen LogP contribution is -2.39. The molecule has 7 heteroatoms. The van der Waals surface area contributed by atoms with Crippen LogP contribution in [0.2, 0.25) is 0 Å². The number of carbonyl (C=O) groups is 2. The fourth-order valence-electron chi connectivity index (χ4n) is 4.33. The number of benzene rings is 3. The molecule has 1 aliphatic heterocycles. The quantitative estimate of drug-likeness (QED) is 0.437. The van der Waals surface area contributed by atoms with Crippen LogP contribution >= 0.6 is 0 Å². The molecule has 1 N–H and O–H groups in total. The number of hydrogen-bond donors (Lipinski definition) is 1. The van der Waals surface area contributed by atoms with E-state index in [9.17, 15) is 14.0 Å². The Morgan fingerprint density at radius 1 is 0.914 bits per heavy atom. The molecule has 3 aromatic carbocycles. The van der Waals surface area contributed by atoms with Gasteiger partial charge >= 0.3 is 0 Å². The Labute approximate surface area is 203 Å². The maximum atomic E-state index is 13.2. The third kappa shape index (κ3) is 5.14. The normalized spacial score (nSPS) is 13.9. The summed E-state index contributed by atoms with van der Waals surface area (Å²) in [5.41, 5.74) is 3.54. The zero-order valence-electron chi connectivity index (χ0n) is 19.1. The molecule has 4 aromatic rings. The maximum absolute atomic E-state index is 13.2. The van der Waals surface area contributed by atoms with Gasteiger partial charge in [0.05, 0.1) is 12.6 Å². The van der Waals surface area contributed by atoms with E-state index in [2.05, 4.69) is 10.4 Å². The van der Waals surface area contributed by atoms with Crippen molar-refractivity contribution in [3.63, 3.8) is 0 Å². The number of nitrogens with zero attached hydrogens (tertiary/aromatic N) is 3. The molecule has 0 spiro atoms. The van der Waals surface area contributed by atoms with Crippen LogP contribution in [-0.4, -0.2) is 33.0 Å². The van der Waals surface area contributed by atoms with Crippen molar-refractivity contribution in [3.8, 4) is 0 Å². The van der Waals surface area contributed by atoms with Gasteiger partial charge in [0.15, 0.2) is 5.69 Å². The molecule has 1 aromatic heterocycles. The number of amides is 2. The van der Waals surface area contributed by atoms with E-state index in [-0.39, 0.29) is 29.4 Å². The molecule has 1 atom stereocenters. The molecular weight excluding hydrogens is 443 g/mol. The Morgan fingerprint density at radius 2 is 1.60 bits per heavy atom. The van der Waals surface area contributed by atoms with Gasteiger partial charge in [0.2, 0.25) is 0 Å². The SMILES string of the molecule is O=C(NC(Cc1ccccc1)c1ccccc1)c1cc2n(n1)CCN(Cc1ccc(F)cc1)C2=O. The summed E-state index contributed by atoms with van der Waals surface area (Å²) < 4.78 is 14.8. The van der Waals surface area contributed by atoms with Crippen molar-refractivity contribution in [3.05, 3.63) is 125 Å². The minimum atomic E-state index is -0.324. The van der Waals surface area contributed by atoms with Gasteiger partial charge in [0, 0.05) is 19.2 Å². The lowest BCUT2D eigenvalue weighted by molar-refractivity contribution is 0.0683. The Morgan fingerprint density at radius 3 is 2.31 bits per heavy atom. The highest BCUT2D eigenvalue weighted by atomic mass is 19.1. The molecule has 0 fully saturated rings. The van der Waals surface area contributed by atoms with E-state index in [0.717, 1.165) is 16.7 Å². The van der Waals surface area contributed by atoms with Crippen LogP contribution in [0.5, 0.6) is 0 Å². The first-order chi connectivity index (χ1) is 17.1. The van der Waals surface area contributed by atoms with Crippen LogP contribution < -0.4 is 5.32 Å². The van der Waals surface area contributed by atoms with Crippen molar-refractivity contribution in [1.82, 2.24) is 20.0 Å². The Bertz CT molecular complexity index is 1320. The van der Waals surface area contributed by atoms with Crippen LogP contribution in [0.4, 0.5) is 4.39 Å². The van der Waals surface area contributed by atoms with E-state index < -0.39 is 0 Å². The molecule has 0 bridgehead atoms. The second kappa shape index (κ2) is 9.93. The van der Waals surface area contributed by atoms with Gasteiger partial charge in [-0.2, -0.15) is 5.10 Å². The van der Waals surface area contributed by atoms with Crippen LogP contribution in [-0.2, 0) is 19.5 Å². The number of nitrogens with one attached hydrogen (secondary N) is 1. The first-order valence-corrected chi connectivity index (χ1v) is 11.6. The Kier molecular flexibility index (Phi) is 6.39. The van der Waals surface area contributed by atoms with E-state index in [1.54, 1.807) is 27.8 Å². The number of aromatic nitrogens is 2. The highest BCUT2D eigenvalue weighted by Crippen LogP contribution is 2.21. The van der Waals surface area contributed by atoms with Crippen molar-refractivity contribution >= 4 is 11.8 Å². The number of rotatable bonds is 7. The van der Waals surface area contributed by atoms with E-state index >= 15 is 0 Å². The molecule has 1 aliphatic rings. The van der Waals surface area contributed by atoms with Crippen molar-refractivity contribution in [1.29, 1.82) is 0 Å². The second-order valence-electron chi connectivity index (χ2n) is 8.62. The first-order valence-electron chi connectivity index (χ1n) is 11.6. The highest BCUT2D eigenvalue weighted by molar-refractivity contribution is 5.98. The molecule has 0 aliphatic carbocycles. The molecule has 6 nitrogen and oxygen atoms in total. The first kappa shape index (κ1) is 22.5. The van der Waals surface area contributed by atoms with Gasteiger partial charge in [0.1, 0.15) is 11.5 Å². The summed E-state index contributed by atoms with van der Waals surface area (Å²) >= 11 is 0. The zero-order valence-corrected chi connectivity index (χ0v) is 19.1. The van der Waals surface area contributed by atoms with Gasteiger partial charge in [-0.05, 0) is 35.2 Å². The molecular formula is C28H25FN4O2. The highest BCUT2D eigenvalue weighted by Gasteiger charge is 2.28. The fraction of sp³-hybridized carbons (Fsp3) is 0.179. The molecule has 5 rings (SSSR count). The summed E-state index contributed by atoms with van der Waals surface area (Å²) in [7, 11) is 0. The van der Waals surface area contributed by atoms with Gasteiger partial charge in [-0.3, -0.25) is 14.3 Å². The predicted molar refractivity (Wildman–Crippen MR) is 130 cm³/mol.